The molecule has 0 aromatic carbocycles. The predicted octanol–water partition coefficient (Wildman–Crippen LogP) is 8.64. The summed E-state index contributed by atoms with van der Waals surface area (Å²) in [5.41, 5.74) is 0. The van der Waals surface area contributed by atoms with Gasteiger partial charge in [0.15, 0.2) is 0 Å². The Morgan fingerprint density at radius 2 is 0.536 bits per heavy atom. The van der Waals surface area contributed by atoms with E-state index >= 15 is 0 Å². The van der Waals surface area contributed by atoms with Gasteiger partial charge in [-0.15, -0.1) is 0 Å². The topological polar surface area (TPSA) is 0 Å². The summed E-state index contributed by atoms with van der Waals surface area (Å²) in [6, 6.07) is 0. The summed E-state index contributed by atoms with van der Waals surface area (Å²) in [7, 11) is 3.20. The van der Waals surface area contributed by atoms with Crippen molar-refractivity contribution in [3.8, 4) is 0 Å². The average molecular weight is 384 g/mol. The van der Waals surface area contributed by atoms with Crippen molar-refractivity contribution in [2.45, 2.75) is 165 Å². The van der Waals surface area contributed by atoms with Crippen LogP contribution in [0.3, 0.4) is 0 Å². The molecule has 3 aliphatic carbocycles. The molecule has 0 aromatic heterocycles. The van der Waals surface area contributed by atoms with Gasteiger partial charge in [0.1, 0.15) is 14.6 Å². The zero-order valence-corrected chi connectivity index (χ0v) is 19.3. The zero-order valence-electron chi connectivity index (χ0n) is 19.3. The number of hydrogen-bond acceptors (Lipinski definition) is 0. The van der Waals surface area contributed by atoms with Crippen LogP contribution in [0.1, 0.15) is 141 Å². The second-order valence-electron chi connectivity index (χ2n) is 11.2. The lowest BCUT2D eigenvalue weighted by molar-refractivity contribution is 0.494. The molecule has 0 bridgehead atoms. The van der Waals surface area contributed by atoms with Gasteiger partial charge < -0.3 is 0 Å². The van der Waals surface area contributed by atoms with Crippen LogP contribution in [-0.4, -0.2) is 14.6 Å². The molecule has 3 rings (SSSR count). The molecule has 28 heavy (non-hydrogen) atoms. The Labute approximate surface area is 179 Å². The molecule has 0 nitrogen and oxygen atoms in total. The lowest BCUT2D eigenvalue weighted by Crippen LogP contribution is -2.18. The zero-order chi connectivity index (χ0) is 19.3. The maximum atomic E-state index is 1.60. The Hall–Kier alpha value is 0.130. The molecule has 2 heteroatoms. The first kappa shape index (κ1) is 22.8. The van der Waals surface area contributed by atoms with E-state index in [-0.39, 0.29) is 0 Å². The molecule has 0 saturated heterocycles. The Morgan fingerprint density at radius 3 is 0.857 bits per heavy atom. The van der Waals surface area contributed by atoms with Crippen molar-refractivity contribution >= 4 is 14.6 Å². The highest BCUT2D eigenvalue weighted by Crippen LogP contribution is 2.40. The first-order valence-electron chi connectivity index (χ1n) is 13.9. The van der Waals surface area contributed by atoms with Gasteiger partial charge in [0.25, 0.3) is 0 Å². The molecule has 0 aromatic rings. The van der Waals surface area contributed by atoms with Crippen LogP contribution in [-0.2, 0) is 0 Å². The molecular formula is C26H50B2. The van der Waals surface area contributed by atoms with Crippen molar-refractivity contribution in [3.63, 3.8) is 0 Å². The van der Waals surface area contributed by atoms with E-state index < -0.39 is 0 Å². The minimum atomic E-state index is 1.07. The Kier molecular flexibility index (Phi) is 11.6. The average Bonchev–Trinajstić information content (AvgIpc) is 2.86. The summed E-state index contributed by atoms with van der Waals surface area (Å²) in [5.74, 6) is 4.30. The van der Waals surface area contributed by atoms with E-state index in [1.807, 2.05) is 0 Å². The van der Waals surface area contributed by atoms with Crippen molar-refractivity contribution in [2.75, 3.05) is 0 Å². The van der Waals surface area contributed by atoms with Crippen LogP contribution in [0.4, 0.5) is 0 Å². The molecule has 3 saturated carbocycles. The van der Waals surface area contributed by atoms with Crippen molar-refractivity contribution < 1.29 is 0 Å². The number of hydrogen-bond donors (Lipinski definition) is 0. The minimum Gasteiger partial charge on any atom is -0.0658 e. The fourth-order valence-corrected chi connectivity index (χ4v) is 7.03. The molecule has 0 spiro atoms. The predicted molar refractivity (Wildman–Crippen MR) is 131 cm³/mol. The maximum absolute atomic E-state index is 1.60. The molecule has 3 fully saturated rings. The second kappa shape index (κ2) is 14.2. The van der Waals surface area contributed by atoms with E-state index in [1.54, 1.807) is 59.5 Å². The summed E-state index contributed by atoms with van der Waals surface area (Å²) in [6.45, 7) is 0. The molecule has 0 heterocycles. The van der Waals surface area contributed by atoms with E-state index in [0.29, 0.717) is 0 Å². The van der Waals surface area contributed by atoms with Crippen LogP contribution < -0.4 is 0 Å². The van der Waals surface area contributed by atoms with Crippen LogP contribution in [0.5, 0.6) is 0 Å². The first-order valence-corrected chi connectivity index (χ1v) is 13.9. The van der Waals surface area contributed by atoms with Crippen LogP contribution in [0.25, 0.3) is 0 Å². The van der Waals surface area contributed by atoms with Crippen molar-refractivity contribution in [3.05, 3.63) is 0 Å². The van der Waals surface area contributed by atoms with E-state index in [4.69, 9.17) is 0 Å². The van der Waals surface area contributed by atoms with Crippen molar-refractivity contribution in [1.29, 1.82) is 0 Å². The summed E-state index contributed by atoms with van der Waals surface area (Å²) in [6.07, 6.45) is 33.8. The smallest absolute Gasteiger partial charge is 0.0658 e. The van der Waals surface area contributed by atoms with E-state index in [9.17, 15) is 0 Å². The highest BCUT2D eigenvalue weighted by Gasteiger charge is 2.26. The largest absolute Gasteiger partial charge is 0.127 e. The van der Waals surface area contributed by atoms with Gasteiger partial charge in [-0.3, -0.25) is 0 Å². The Balaban J connectivity index is 1.52. The normalized spacial score (nSPS) is 31.0. The summed E-state index contributed by atoms with van der Waals surface area (Å²) in [4.78, 5) is 0. The van der Waals surface area contributed by atoms with E-state index in [1.165, 1.54) is 96.3 Å². The summed E-state index contributed by atoms with van der Waals surface area (Å²) < 4.78 is 0. The van der Waals surface area contributed by atoms with Gasteiger partial charge in [-0.25, -0.2) is 0 Å². The van der Waals surface area contributed by atoms with Crippen LogP contribution in [0.15, 0.2) is 0 Å². The molecule has 0 aliphatic heterocycles. The van der Waals surface area contributed by atoms with Gasteiger partial charge in [0.2, 0.25) is 0 Å². The van der Waals surface area contributed by atoms with Gasteiger partial charge in [0.05, 0.1) is 0 Å². The van der Waals surface area contributed by atoms with E-state index in [0.717, 1.165) is 23.3 Å². The maximum Gasteiger partial charge on any atom is 0.127 e. The molecule has 2 atom stereocenters. The lowest BCUT2D eigenvalue weighted by atomic mass is 9.44. The Bertz CT molecular complexity index is 365. The molecule has 160 valence electrons. The molecule has 0 amide bonds. The monoisotopic (exact) mass is 384 g/mol. The molecule has 0 radical (unpaired) electrons. The van der Waals surface area contributed by atoms with Gasteiger partial charge >= 0.3 is 0 Å². The van der Waals surface area contributed by atoms with E-state index in [2.05, 4.69) is 0 Å². The molecule has 3 aliphatic rings. The van der Waals surface area contributed by atoms with Crippen LogP contribution in [0, 0.1) is 0 Å². The highest BCUT2D eigenvalue weighted by molar-refractivity contribution is 6.42. The fraction of sp³-hybridized carbons (Fsp3) is 1.00. The van der Waals surface area contributed by atoms with Gasteiger partial charge in [-0.05, 0) is 0 Å². The number of rotatable bonds is 4. The van der Waals surface area contributed by atoms with Gasteiger partial charge in [-0.1, -0.05) is 165 Å². The summed E-state index contributed by atoms with van der Waals surface area (Å²) >= 11 is 0. The van der Waals surface area contributed by atoms with Crippen molar-refractivity contribution in [2.24, 2.45) is 0 Å². The molecular weight excluding hydrogens is 334 g/mol. The Morgan fingerprint density at radius 1 is 0.286 bits per heavy atom. The fourth-order valence-electron chi connectivity index (χ4n) is 7.03. The van der Waals surface area contributed by atoms with Crippen molar-refractivity contribution in [1.82, 2.24) is 0 Å². The highest BCUT2D eigenvalue weighted by atomic mass is 14.2. The lowest BCUT2D eigenvalue weighted by Gasteiger charge is -2.28. The first-order chi connectivity index (χ1) is 13.9. The summed E-state index contributed by atoms with van der Waals surface area (Å²) in [5, 5.41) is 0. The SMILES string of the molecule is B(C1CCCCCCCC1)C1CCCCCCC(BC2CCCCCCC2)C1. The van der Waals surface area contributed by atoms with Crippen LogP contribution in [0.2, 0.25) is 23.3 Å². The standard InChI is InChI=1S/C26H50B2/c1-2-5-11-17-23(16-10-4-1)27-25-20-14-8-9-15-21-26(22-25)28-24-18-12-6-3-7-13-19-24/h23-28H,1-22H2. The van der Waals surface area contributed by atoms with Gasteiger partial charge in [0, 0.05) is 0 Å². The third-order valence-corrected chi connectivity index (χ3v) is 8.67. The quantitative estimate of drug-likeness (QED) is 0.426. The second-order valence-corrected chi connectivity index (χ2v) is 11.2. The van der Waals surface area contributed by atoms with Gasteiger partial charge in [-0.2, -0.15) is 0 Å². The minimum absolute atomic E-state index is 1.07. The molecule has 0 N–H and O–H groups in total. The third-order valence-electron chi connectivity index (χ3n) is 8.67. The molecule has 2 unspecified atom stereocenters. The van der Waals surface area contributed by atoms with Crippen LogP contribution >= 0.6 is 0 Å². The third kappa shape index (κ3) is 9.30.